The summed E-state index contributed by atoms with van der Waals surface area (Å²) >= 11 is 1.74. The van der Waals surface area contributed by atoms with Crippen LogP contribution >= 0.6 is 11.8 Å². The number of hydrogen-bond acceptors (Lipinski definition) is 3. The highest BCUT2D eigenvalue weighted by Crippen LogP contribution is 2.39. The molecule has 0 spiro atoms. The number of urea groups is 1. The molecule has 1 fully saturated rings. The van der Waals surface area contributed by atoms with Gasteiger partial charge in [0.05, 0.1) is 0 Å². The van der Waals surface area contributed by atoms with E-state index in [1.54, 1.807) is 30.6 Å². The van der Waals surface area contributed by atoms with E-state index in [1.807, 2.05) is 6.26 Å². The number of thioether (sulfide) groups is 1. The smallest absolute Gasteiger partial charge is 0.329 e. The van der Waals surface area contributed by atoms with Gasteiger partial charge in [-0.15, -0.1) is 0 Å². The molecule has 0 aromatic heterocycles. The molecule has 1 aliphatic rings. The zero-order valence-corrected chi connectivity index (χ0v) is 12.0. The van der Waals surface area contributed by atoms with E-state index in [9.17, 15) is 14.7 Å². The number of nitrogens with zero attached hydrogens (tertiary/aromatic N) is 1. The number of carboxylic acid groups (broad SMARTS) is 1. The van der Waals surface area contributed by atoms with Crippen molar-refractivity contribution >= 4 is 23.8 Å². The highest BCUT2D eigenvalue weighted by atomic mass is 32.2. The van der Waals surface area contributed by atoms with E-state index in [2.05, 4.69) is 5.32 Å². The van der Waals surface area contributed by atoms with E-state index in [0.717, 1.165) is 25.0 Å². The molecule has 2 amide bonds. The van der Waals surface area contributed by atoms with Gasteiger partial charge in [-0.2, -0.15) is 11.8 Å². The molecule has 0 heterocycles. The van der Waals surface area contributed by atoms with Crippen LogP contribution in [0.2, 0.25) is 0 Å². The van der Waals surface area contributed by atoms with Crippen LogP contribution in [-0.2, 0) is 4.79 Å². The third-order valence-corrected chi connectivity index (χ3v) is 4.09. The summed E-state index contributed by atoms with van der Waals surface area (Å²) in [5, 5.41) is 11.9. The first-order chi connectivity index (χ1) is 8.41. The van der Waals surface area contributed by atoms with Crippen LogP contribution in [0.25, 0.3) is 0 Å². The Morgan fingerprint density at radius 1 is 1.50 bits per heavy atom. The Morgan fingerprint density at radius 3 is 2.56 bits per heavy atom. The Morgan fingerprint density at radius 2 is 2.11 bits per heavy atom. The lowest BCUT2D eigenvalue weighted by Gasteiger charge is -2.29. The molecule has 1 rings (SSSR count). The number of hydrogen-bond donors (Lipinski definition) is 2. The number of carbonyl (C=O) groups excluding carboxylic acids is 1. The molecule has 0 aromatic rings. The SMILES string of the molecule is CSCCCN(C)C(=O)NC(C)(C(=O)O)C1CC1. The first-order valence-corrected chi connectivity index (χ1v) is 7.56. The third kappa shape index (κ3) is 3.80. The molecule has 18 heavy (non-hydrogen) atoms. The largest absolute Gasteiger partial charge is 0.480 e. The van der Waals surface area contributed by atoms with Gasteiger partial charge in [0, 0.05) is 13.6 Å². The molecule has 0 aliphatic heterocycles. The van der Waals surface area contributed by atoms with Crippen molar-refractivity contribution in [3.8, 4) is 0 Å². The summed E-state index contributed by atoms with van der Waals surface area (Å²) in [6.07, 6.45) is 4.69. The van der Waals surface area contributed by atoms with Crippen LogP contribution in [0.1, 0.15) is 26.2 Å². The summed E-state index contributed by atoms with van der Waals surface area (Å²) in [6.45, 7) is 2.24. The summed E-state index contributed by atoms with van der Waals surface area (Å²) in [7, 11) is 1.70. The summed E-state index contributed by atoms with van der Waals surface area (Å²) < 4.78 is 0. The molecule has 2 N–H and O–H groups in total. The van der Waals surface area contributed by atoms with Crippen LogP contribution in [0.15, 0.2) is 0 Å². The maximum Gasteiger partial charge on any atom is 0.329 e. The van der Waals surface area contributed by atoms with Crippen molar-refractivity contribution in [2.24, 2.45) is 5.92 Å². The second-order valence-corrected chi connectivity index (χ2v) is 5.97. The van der Waals surface area contributed by atoms with Crippen LogP contribution < -0.4 is 5.32 Å². The average molecular weight is 274 g/mol. The molecule has 1 saturated carbocycles. The molecule has 0 aromatic carbocycles. The maximum atomic E-state index is 11.9. The number of nitrogens with one attached hydrogen (secondary N) is 1. The summed E-state index contributed by atoms with van der Waals surface area (Å²) in [6, 6.07) is -0.298. The van der Waals surface area contributed by atoms with Gasteiger partial charge >= 0.3 is 12.0 Å². The molecule has 6 heteroatoms. The third-order valence-electron chi connectivity index (χ3n) is 3.39. The standard InChI is InChI=1S/C12H22N2O3S/c1-12(10(15)16,9-5-6-9)13-11(17)14(2)7-4-8-18-3/h9H,4-8H2,1-3H3,(H,13,17)(H,15,16). The molecule has 1 unspecified atom stereocenters. The van der Waals surface area contributed by atoms with E-state index in [4.69, 9.17) is 0 Å². The molecule has 0 saturated heterocycles. The van der Waals surface area contributed by atoms with Gasteiger partial charge in [0.15, 0.2) is 0 Å². The number of aliphatic carboxylic acids is 1. The zero-order chi connectivity index (χ0) is 13.8. The van der Waals surface area contributed by atoms with E-state index in [-0.39, 0.29) is 11.9 Å². The van der Waals surface area contributed by atoms with Gasteiger partial charge in [-0.05, 0) is 44.1 Å². The lowest BCUT2D eigenvalue weighted by atomic mass is 9.96. The minimum Gasteiger partial charge on any atom is -0.480 e. The van der Waals surface area contributed by atoms with Gasteiger partial charge in [0.2, 0.25) is 0 Å². The van der Waals surface area contributed by atoms with Gasteiger partial charge in [0.1, 0.15) is 5.54 Å². The van der Waals surface area contributed by atoms with Crippen LogP contribution in [0.4, 0.5) is 4.79 Å². The quantitative estimate of drug-likeness (QED) is 0.692. The molecule has 5 nitrogen and oxygen atoms in total. The monoisotopic (exact) mass is 274 g/mol. The first-order valence-electron chi connectivity index (χ1n) is 6.17. The highest BCUT2D eigenvalue weighted by Gasteiger charge is 2.48. The van der Waals surface area contributed by atoms with Gasteiger partial charge in [0.25, 0.3) is 0 Å². The van der Waals surface area contributed by atoms with Crippen molar-refractivity contribution in [3.63, 3.8) is 0 Å². The second kappa shape index (κ2) is 6.31. The van der Waals surface area contributed by atoms with Crippen molar-refractivity contribution < 1.29 is 14.7 Å². The summed E-state index contributed by atoms with van der Waals surface area (Å²) in [5.41, 5.74) is -1.12. The van der Waals surface area contributed by atoms with Crippen LogP contribution in [0.3, 0.4) is 0 Å². The molecule has 1 aliphatic carbocycles. The van der Waals surface area contributed by atoms with E-state index < -0.39 is 11.5 Å². The Labute approximate surface area is 112 Å². The van der Waals surface area contributed by atoms with Crippen molar-refractivity contribution in [2.75, 3.05) is 25.6 Å². The summed E-state index contributed by atoms with van der Waals surface area (Å²) in [5.74, 6) is 0.116. The molecular formula is C12H22N2O3S. The Balaban J connectivity index is 2.48. The Kier molecular flexibility index (Phi) is 5.31. The molecule has 1 atom stereocenters. The fraction of sp³-hybridized carbons (Fsp3) is 0.833. The van der Waals surface area contributed by atoms with Crippen molar-refractivity contribution in [1.82, 2.24) is 10.2 Å². The molecule has 0 bridgehead atoms. The number of rotatable bonds is 7. The lowest BCUT2D eigenvalue weighted by Crippen LogP contribution is -2.57. The molecule has 104 valence electrons. The Hall–Kier alpha value is -0.910. The van der Waals surface area contributed by atoms with Crippen molar-refractivity contribution in [2.45, 2.75) is 31.7 Å². The summed E-state index contributed by atoms with van der Waals surface area (Å²) in [4.78, 5) is 24.8. The van der Waals surface area contributed by atoms with Gasteiger partial charge < -0.3 is 15.3 Å². The fourth-order valence-corrected chi connectivity index (χ4v) is 2.27. The fourth-order valence-electron chi connectivity index (χ4n) is 1.86. The minimum atomic E-state index is -1.12. The van der Waals surface area contributed by atoms with Crippen molar-refractivity contribution in [3.05, 3.63) is 0 Å². The number of amides is 2. The average Bonchev–Trinajstić information content (AvgIpc) is 3.12. The van der Waals surface area contributed by atoms with Crippen molar-refractivity contribution in [1.29, 1.82) is 0 Å². The predicted octanol–water partition coefficient (Wildman–Crippen LogP) is 1.63. The normalized spacial score (nSPS) is 17.9. The van der Waals surface area contributed by atoms with E-state index in [1.165, 1.54) is 0 Å². The van der Waals surface area contributed by atoms with Gasteiger partial charge in [-0.3, -0.25) is 0 Å². The van der Waals surface area contributed by atoms with Gasteiger partial charge in [-0.25, -0.2) is 9.59 Å². The second-order valence-electron chi connectivity index (χ2n) is 4.98. The van der Waals surface area contributed by atoms with Crippen LogP contribution in [-0.4, -0.2) is 53.1 Å². The molecular weight excluding hydrogens is 252 g/mol. The number of carboxylic acids is 1. The van der Waals surface area contributed by atoms with Gasteiger partial charge in [-0.1, -0.05) is 0 Å². The number of carbonyl (C=O) groups is 2. The Bertz CT molecular complexity index is 320. The van der Waals surface area contributed by atoms with E-state index in [0.29, 0.717) is 6.54 Å². The zero-order valence-electron chi connectivity index (χ0n) is 11.2. The topological polar surface area (TPSA) is 69.6 Å². The lowest BCUT2D eigenvalue weighted by molar-refractivity contribution is -0.144. The van der Waals surface area contributed by atoms with Crippen LogP contribution in [0.5, 0.6) is 0 Å². The van der Waals surface area contributed by atoms with E-state index >= 15 is 0 Å². The minimum absolute atomic E-state index is 0.0681. The maximum absolute atomic E-state index is 11.9. The highest BCUT2D eigenvalue weighted by molar-refractivity contribution is 7.98. The first kappa shape index (κ1) is 15.1. The predicted molar refractivity (Wildman–Crippen MR) is 72.9 cm³/mol. The van der Waals surface area contributed by atoms with Crippen LogP contribution in [0, 0.1) is 5.92 Å². The molecule has 0 radical (unpaired) electrons.